The first-order valence-electron chi connectivity index (χ1n) is 6.38. The molecule has 1 aromatic carbocycles. The monoisotopic (exact) mass is 250 g/mol. The summed E-state index contributed by atoms with van der Waals surface area (Å²) in [6, 6.07) is 8.49. The van der Waals surface area contributed by atoms with Crippen LogP contribution in [-0.2, 0) is 11.2 Å². The van der Waals surface area contributed by atoms with Crippen molar-refractivity contribution in [1.29, 1.82) is 0 Å². The minimum absolute atomic E-state index is 0.130. The minimum Gasteiger partial charge on any atom is -0.382 e. The number of amides is 1. The fourth-order valence-corrected chi connectivity index (χ4v) is 1.84. The number of carbonyl (C=O) groups excluding carboxylic acids is 1. The number of nitrogens with two attached hydrogens (primary N) is 1. The van der Waals surface area contributed by atoms with Crippen molar-refractivity contribution in [2.75, 3.05) is 6.54 Å². The van der Waals surface area contributed by atoms with Crippen molar-refractivity contribution in [2.24, 2.45) is 5.73 Å². The lowest BCUT2D eigenvalue weighted by molar-refractivity contribution is -0.125. The Morgan fingerprint density at radius 3 is 2.39 bits per heavy atom. The summed E-state index contributed by atoms with van der Waals surface area (Å²) in [5.41, 5.74) is 7.47. The first-order chi connectivity index (χ1) is 8.58. The molecule has 4 heteroatoms. The molecular formula is C14H22N2O2. The molecule has 0 aliphatic rings. The second-order valence-corrected chi connectivity index (χ2v) is 4.38. The van der Waals surface area contributed by atoms with Crippen LogP contribution in [0.25, 0.3) is 0 Å². The van der Waals surface area contributed by atoms with E-state index >= 15 is 0 Å². The van der Waals surface area contributed by atoms with Gasteiger partial charge in [0.05, 0.1) is 0 Å². The van der Waals surface area contributed by atoms with Gasteiger partial charge in [-0.2, -0.15) is 0 Å². The van der Waals surface area contributed by atoms with Gasteiger partial charge in [0.25, 0.3) is 0 Å². The zero-order valence-electron chi connectivity index (χ0n) is 11.0. The van der Waals surface area contributed by atoms with Crippen LogP contribution >= 0.6 is 0 Å². The summed E-state index contributed by atoms with van der Waals surface area (Å²) in [6.07, 6.45) is 0.774. The summed E-state index contributed by atoms with van der Waals surface area (Å²) in [5, 5.41) is 12.5. The van der Waals surface area contributed by atoms with E-state index in [2.05, 4.69) is 43.4 Å². The molecule has 0 radical (unpaired) electrons. The van der Waals surface area contributed by atoms with Crippen LogP contribution in [0.15, 0.2) is 24.3 Å². The van der Waals surface area contributed by atoms with Gasteiger partial charge in [0.2, 0.25) is 5.91 Å². The predicted octanol–water partition coefficient (Wildman–Crippen LogP) is 1.14. The maximum atomic E-state index is 10.8. The van der Waals surface area contributed by atoms with E-state index in [1.807, 2.05) is 0 Å². The SMILES string of the molecule is CCc1ccc(C(CC)NCC(O)C(N)=O)cc1. The van der Waals surface area contributed by atoms with Crippen molar-refractivity contribution in [1.82, 2.24) is 5.32 Å². The Bertz CT molecular complexity index is 376. The second kappa shape index (κ2) is 7.13. The van der Waals surface area contributed by atoms with E-state index in [4.69, 9.17) is 5.73 Å². The van der Waals surface area contributed by atoms with E-state index in [1.54, 1.807) is 0 Å². The highest BCUT2D eigenvalue weighted by Crippen LogP contribution is 2.17. The van der Waals surface area contributed by atoms with Crippen LogP contribution in [0.5, 0.6) is 0 Å². The van der Waals surface area contributed by atoms with E-state index in [0.717, 1.165) is 18.4 Å². The fraction of sp³-hybridized carbons (Fsp3) is 0.500. The number of nitrogens with one attached hydrogen (secondary N) is 1. The molecule has 0 heterocycles. The van der Waals surface area contributed by atoms with Crippen LogP contribution in [0.2, 0.25) is 0 Å². The Kier molecular flexibility index (Phi) is 5.82. The number of rotatable bonds is 7. The number of carbonyl (C=O) groups is 1. The van der Waals surface area contributed by atoms with E-state index in [9.17, 15) is 9.90 Å². The molecule has 0 aromatic heterocycles. The summed E-state index contributed by atoms with van der Waals surface area (Å²) in [4.78, 5) is 10.8. The lowest BCUT2D eigenvalue weighted by Gasteiger charge is -2.19. The quantitative estimate of drug-likeness (QED) is 0.679. The Morgan fingerprint density at radius 1 is 1.33 bits per heavy atom. The van der Waals surface area contributed by atoms with Gasteiger partial charge in [-0.1, -0.05) is 38.1 Å². The van der Waals surface area contributed by atoms with E-state index < -0.39 is 12.0 Å². The number of primary amides is 1. The smallest absolute Gasteiger partial charge is 0.247 e. The lowest BCUT2D eigenvalue weighted by Crippen LogP contribution is -2.38. The van der Waals surface area contributed by atoms with Crippen molar-refractivity contribution in [2.45, 2.75) is 38.8 Å². The summed E-state index contributed by atoms with van der Waals surface area (Å²) in [7, 11) is 0. The van der Waals surface area contributed by atoms with Gasteiger partial charge in [-0.3, -0.25) is 4.79 Å². The van der Waals surface area contributed by atoms with Crippen LogP contribution in [0, 0.1) is 0 Å². The minimum atomic E-state index is -1.13. The molecule has 4 nitrogen and oxygen atoms in total. The highest BCUT2D eigenvalue weighted by molar-refractivity contribution is 5.78. The van der Waals surface area contributed by atoms with Gasteiger partial charge in [-0.05, 0) is 24.0 Å². The van der Waals surface area contributed by atoms with Gasteiger partial charge >= 0.3 is 0 Å². The molecule has 0 fully saturated rings. The summed E-state index contributed by atoms with van der Waals surface area (Å²) < 4.78 is 0. The highest BCUT2D eigenvalue weighted by atomic mass is 16.3. The Morgan fingerprint density at radius 2 is 1.94 bits per heavy atom. The Balaban J connectivity index is 2.62. The van der Waals surface area contributed by atoms with Crippen molar-refractivity contribution in [3.05, 3.63) is 35.4 Å². The molecule has 0 saturated carbocycles. The number of aliphatic hydroxyl groups is 1. The van der Waals surface area contributed by atoms with Crippen LogP contribution < -0.4 is 11.1 Å². The van der Waals surface area contributed by atoms with Crippen molar-refractivity contribution in [3.63, 3.8) is 0 Å². The fourth-order valence-electron chi connectivity index (χ4n) is 1.84. The summed E-state index contributed by atoms with van der Waals surface area (Å²) >= 11 is 0. The predicted molar refractivity (Wildman–Crippen MR) is 72.1 cm³/mol. The molecule has 0 saturated heterocycles. The first-order valence-corrected chi connectivity index (χ1v) is 6.38. The van der Waals surface area contributed by atoms with Gasteiger partial charge in [-0.15, -0.1) is 0 Å². The molecule has 1 aromatic rings. The van der Waals surface area contributed by atoms with Crippen LogP contribution in [0.4, 0.5) is 0 Å². The molecular weight excluding hydrogens is 228 g/mol. The number of hydrogen-bond donors (Lipinski definition) is 3. The first kappa shape index (κ1) is 14.7. The molecule has 0 aliphatic carbocycles. The Hall–Kier alpha value is -1.39. The van der Waals surface area contributed by atoms with E-state index in [-0.39, 0.29) is 12.6 Å². The summed E-state index contributed by atoms with van der Waals surface area (Å²) in [6.45, 7) is 4.36. The topological polar surface area (TPSA) is 75.3 Å². The normalized spacial score (nSPS) is 14.2. The third kappa shape index (κ3) is 4.13. The maximum Gasteiger partial charge on any atom is 0.247 e. The standard InChI is InChI=1S/C14H22N2O2/c1-3-10-5-7-11(8-6-10)12(4-2)16-9-13(17)14(15)18/h5-8,12-13,16-17H,3-4,9H2,1-2H3,(H2,15,18). The van der Waals surface area contributed by atoms with Gasteiger partial charge in [0.1, 0.15) is 6.10 Å². The zero-order valence-corrected chi connectivity index (χ0v) is 11.0. The average molecular weight is 250 g/mol. The van der Waals surface area contributed by atoms with E-state index in [0.29, 0.717) is 0 Å². The Labute approximate surface area is 108 Å². The van der Waals surface area contributed by atoms with Crippen LogP contribution in [0.3, 0.4) is 0 Å². The molecule has 1 rings (SSSR count). The summed E-state index contributed by atoms with van der Waals surface area (Å²) in [5.74, 6) is -0.696. The number of aliphatic hydroxyl groups excluding tert-OH is 1. The molecule has 2 unspecified atom stereocenters. The molecule has 18 heavy (non-hydrogen) atoms. The van der Waals surface area contributed by atoms with E-state index in [1.165, 1.54) is 5.56 Å². The average Bonchev–Trinajstić information content (AvgIpc) is 2.39. The van der Waals surface area contributed by atoms with Crippen molar-refractivity contribution in [3.8, 4) is 0 Å². The van der Waals surface area contributed by atoms with Gasteiger partial charge in [0, 0.05) is 12.6 Å². The number of aryl methyl sites for hydroxylation is 1. The lowest BCUT2D eigenvalue weighted by atomic mass is 10.0. The van der Waals surface area contributed by atoms with Gasteiger partial charge in [0.15, 0.2) is 0 Å². The number of hydrogen-bond acceptors (Lipinski definition) is 3. The highest BCUT2D eigenvalue weighted by Gasteiger charge is 2.14. The van der Waals surface area contributed by atoms with Gasteiger partial charge in [-0.25, -0.2) is 0 Å². The van der Waals surface area contributed by atoms with Crippen LogP contribution in [-0.4, -0.2) is 23.7 Å². The van der Waals surface area contributed by atoms with Crippen molar-refractivity contribution >= 4 is 5.91 Å². The molecule has 0 aliphatic heterocycles. The molecule has 2 atom stereocenters. The molecule has 0 bridgehead atoms. The molecule has 100 valence electrons. The molecule has 0 spiro atoms. The zero-order chi connectivity index (χ0) is 13.5. The number of benzene rings is 1. The van der Waals surface area contributed by atoms with Crippen molar-refractivity contribution < 1.29 is 9.90 Å². The molecule has 4 N–H and O–H groups in total. The van der Waals surface area contributed by atoms with Crippen LogP contribution in [0.1, 0.15) is 37.4 Å². The maximum absolute atomic E-state index is 10.8. The molecule has 1 amide bonds. The third-order valence-electron chi connectivity index (χ3n) is 3.08. The largest absolute Gasteiger partial charge is 0.382 e. The second-order valence-electron chi connectivity index (χ2n) is 4.38. The van der Waals surface area contributed by atoms with Gasteiger partial charge < -0.3 is 16.2 Å². The third-order valence-corrected chi connectivity index (χ3v) is 3.08.